The summed E-state index contributed by atoms with van der Waals surface area (Å²) in [6, 6.07) is 0.207. The maximum atomic E-state index is 13.0. The van der Waals surface area contributed by atoms with Crippen molar-refractivity contribution in [3.05, 3.63) is 12.5 Å². The lowest BCUT2D eigenvalue weighted by atomic mass is 9.96. The first kappa shape index (κ1) is 23.4. The molecule has 2 fully saturated rings. The molecule has 2 aliphatic heterocycles. The van der Waals surface area contributed by atoms with E-state index < -0.39 is 0 Å². The van der Waals surface area contributed by atoms with Gasteiger partial charge in [-0.25, -0.2) is 9.97 Å². The molecular formula is C23H36N8O2. The molecule has 0 bridgehead atoms. The predicted octanol–water partition coefficient (Wildman–Crippen LogP) is 1.03. The summed E-state index contributed by atoms with van der Waals surface area (Å²) in [7, 11) is 1.87. The van der Waals surface area contributed by atoms with E-state index in [2.05, 4.69) is 44.0 Å². The second kappa shape index (κ2) is 10.5. The van der Waals surface area contributed by atoms with Crippen molar-refractivity contribution < 1.29 is 9.59 Å². The lowest BCUT2D eigenvalue weighted by Crippen LogP contribution is -2.53. The number of carbonyl (C=O) groups is 2. The Balaban J connectivity index is 1.28. The molecule has 2 saturated heterocycles. The number of nitrogens with one attached hydrogen (secondary N) is 1. The van der Waals surface area contributed by atoms with Gasteiger partial charge in [-0.3, -0.25) is 19.2 Å². The van der Waals surface area contributed by atoms with Gasteiger partial charge in [0.1, 0.15) is 12.1 Å². The van der Waals surface area contributed by atoms with Gasteiger partial charge in [-0.2, -0.15) is 5.10 Å². The molecule has 2 unspecified atom stereocenters. The number of likely N-dealkylation sites (tertiary alicyclic amines) is 1. The van der Waals surface area contributed by atoms with Gasteiger partial charge >= 0.3 is 0 Å². The molecule has 4 rings (SSSR count). The summed E-state index contributed by atoms with van der Waals surface area (Å²) in [6.07, 6.45) is 7.28. The lowest BCUT2D eigenvalue weighted by molar-refractivity contribution is -0.135. The molecule has 2 atom stereocenters. The molecule has 0 saturated carbocycles. The summed E-state index contributed by atoms with van der Waals surface area (Å²) >= 11 is 0. The summed E-state index contributed by atoms with van der Waals surface area (Å²) in [4.78, 5) is 40.7. The van der Waals surface area contributed by atoms with Crippen LogP contribution in [0.15, 0.2) is 12.5 Å². The average molecular weight is 457 g/mol. The van der Waals surface area contributed by atoms with Crippen LogP contribution < -0.4 is 10.2 Å². The van der Waals surface area contributed by atoms with Gasteiger partial charge in [0.2, 0.25) is 11.8 Å². The molecule has 2 amide bonds. The molecule has 2 aromatic heterocycles. The molecule has 2 aliphatic rings. The van der Waals surface area contributed by atoms with Gasteiger partial charge < -0.3 is 15.1 Å². The molecule has 2 aromatic rings. The molecule has 1 N–H and O–H groups in total. The minimum absolute atomic E-state index is 0.0256. The van der Waals surface area contributed by atoms with Gasteiger partial charge in [-0.1, -0.05) is 13.3 Å². The van der Waals surface area contributed by atoms with Crippen LogP contribution in [0.3, 0.4) is 0 Å². The van der Waals surface area contributed by atoms with Gasteiger partial charge in [-0.05, 0) is 32.7 Å². The van der Waals surface area contributed by atoms with E-state index >= 15 is 0 Å². The number of carbonyl (C=O) groups excluding carboxylic acids is 2. The zero-order valence-electron chi connectivity index (χ0n) is 20.0. The first-order chi connectivity index (χ1) is 16.0. The molecule has 4 heterocycles. The Labute approximate surface area is 195 Å². The minimum Gasteiger partial charge on any atom is -0.353 e. The van der Waals surface area contributed by atoms with E-state index in [1.807, 2.05) is 11.9 Å². The number of aromatic nitrogens is 4. The summed E-state index contributed by atoms with van der Waals surface area (Å²) < 4.78 is 1.75. The van der Waals surface area contributed by atoms with E-state index in [9.17, 15) is 9.59 Å². The largest absolute Gasteiger partial charge is 0.353 e. The van der Waals surface area contributed by atoms with Gasteiger partial charge in [0, 0.05) is 45.8 Å². The van der Waals surface area contributed by atoms with Crippen molar-refractivity contribution >= 4 is 28.7 Å². The Morgan fingerprint density at radius 2 is 1.97 bits per heavy atom. The number of hydrogen-bond donors (Lipinski definition) is 1. The number of nitrogens with zero attached hydrogens (tertiary/aromatic N) is 7. The SMILES string of the molecule is CCCC(C)NC(=O)C1CCCN(CC(=O)N2CCN(c3ncnc4c3cnn4C)CC2)C1. The van der Waals surface area contributed by atoms with Crippen LogP contribution in [0.4, 0.5) is 5.82 Å². The van der Waals surface area contributed by atoms with Crippen molar-refractivity contribution in [2.75, 3.05) is 50.7 Å². The summed E-state index contributed by atoms with van der Waals surface area (Å²) in [5.74, 6) is 1.13. The number of amides is 2. The normalized spacial score (nSPS) is 20.8. The van der Waals surface area contributed by atoms with E-state index in [1.54, 1.807) is 17.2 Å². The third kappa shape index (κ3) is 5.43. The zero-order valence-corrected chi connectivity index (χ0v) is 20.0. The van der Waals surface area contributed by atoms with Crippen molar-refractivity contribution in [3.8, 4) is 0 Å². The molecule has 10 nitrogen and oxygen atoms in total. The Hall–Kier alpha value is -2.75. The van der Waals surface area contributed by atoms with Crippen LogP contribution in [-0.4, -0.2) is 93.2 Å². The van der Waals surface area contributed by atoms with Gasteiger partial charge in [-0.15, -0.1) is 0 Å². The topological polar surface area (TPSA) is 99.5 Å². The Morgan fingerprint density at radius 1 is 1.18 bits per heavy atom. The standard InChI is InChI=1S/C23H36N8O2/c1-4-6-17(2)27-23(33)18-7-5-8-29(14-18)15-20(32)30-9-11-31(12-10-30)22-19-13-26-28(3)21(19)24-16-25-22/h13,16-18H,4-12,14-15H2,1-3H3,(H,27,33). The molecule has 10 heteroatoms. The van der Waals surface area contributed by atoms with Crippen molar-refractivity contribution in [2.45, 2.75) is 45.6 Å². The van der Waals surface area contributed by atoms with Crippen LogP contribution in [0.2, 0.25) is 0 Å². The molecule has 0 aromatic carbocycles. The van der Waals surface area contributed by atoms with Crippen LogP contribution in [0, 0.1) is 5.92 Å². The third-order valence-corrected chi connectivity index (χ3v) is 6.79. The quantitative estimate of drug-likeness (QED) is 0.664. The summed E-state index contributed by atoms with van der Waals surface area (Å²) in [5.41, 5.74) is 0.811. The smallest absolute Gasteiger partial charge is 0.236 e. The van der Waals surface area contributed by atoms with E-state index in [0.717, 1.165) is 62.2 Å². The fourth-order valence-electron chi connectivity index (χ4n) is 4.94. The minimum atomic E-state index is -0.0256. The van der Waals surface area contributed by atoms with Gasteiger partial charge in [0.15, 0.2) is 5.65 Å². The Bertz CT molecular complexity index is 969. The van der Waals surface area contributed by atoms with Crippen molar-refractivity contribution in [1.29, 1.82) is 0 Å². The molecule has 0 spiro atoms. The van der Waals surface area contributed by atoms with E-state index in [-0.39, 0.29) is 23.8 Å². The Morgan fingerprint density at radius 3 is 2.73 bits per heavy atom. The molecular weight excluding hydrogens is 420 g/mol. The van der Waals surface area contributed by atoms with Crippen LogP contribution in [0.1, 0.15) is 39.5 Å². The predicted molar refractivity (Wildman–Crippen MR) is 127 cm³/mol. The molecule has 33 heavy (non-hydrogen) atoms. The van der Waals surface area contributed by atoms with E-state index in [1.165, 1.54) is 0 Å². The second-order valence-electron chi connectivity index (χ2n) is 9.34. The highest BCUT2D eigenvalue weighted by Gasteiger charge is 2.30. The zero-order chi connectivity index (χ0) is 23.4. The number of aryl methyl sites for hydroxylation is 1. The maximum absolute atomic E-state index is 13.0. The number of piperazine rings is 1. The monoisotopic (exact) mass is 456 g/mol. The first-order valence-corrected chi connectivity index (χ1v) is 12.1. The third-order valence-electron chi connectivity index (χ3n) is 6.79. The Kier molecular flexibility index (Phi) is 7.42. The average Bonchev–Trinajstić information content (AvgIpc) is 3.20. The molecule has 0 aliphatic carbocycles. The van der Waals surface area contributed by atoms with Gasteiger partial charge in [0.25, 0.3) is 0 Å². The van der Waals surface area contributed by atoms with E-state index in [4.69, 9.17) is 0 Å². The van der Waals surface area contributed by atoms with Crippen LogP contribution in [0.25, 0.3) is 11.0 Å². The number of anilines is 1. The first-order valence-electron chi connectivity index (χ1n) is 12.1. The molecule has 0 radical (unpaired) electrons. The van der Waals surface area contributed by atoms with Crippen molar-refractivity contribution in [2.24, 2.45) is 13.0 Å². The maximum Gasteiger partial charge on any atom is 0.236 e. The summed E-state index contributed by atoms with van der Waals surface area (Å²) in [6.45, 7) is 8.90. The van der Waals surface area contributed by atoms with Gasteiger partial charge in [0.05, 0.1) is 24.0 Å². The number of rotatable bonds is 7. The fourth-order valence-corrected chi connectivity index (χ4v) is 4.94. The van der Waals surface area contributed by atoms with E-state index in [0.29, 0.717) is 26.2 Å². The highest BCUT2D eigenvalue weighted by atomic mass is 16.2. The lowest BCUT2D eigenvalue weighted by Gasteiger charge is -2.37. The number of piperidine rings is 1. The number of fused-ring (bicyclic) bond motifs is 1. The second-order valence-corrected chi connectivity index (χ2v) is 9.34. The number of hydrogen-bond acceptors (Lipinski definition) is 7. The van der Waals surface area contributed by atoms with Crippen molar-refractivity contribution in [3.63, 3.8) is 0 Å². The van der Waals surface area contributed by atoms with Crippen LogP contribution in [0.5, 0.6) is 0 Å². The van der Waals surface area contributed by atoms with Crippen molar-refractivity contribution in [1.82, 2.24) is 34.9 Å². The highest BCUT2D eigenvalue weighted by molar-refractivity contribution is 5.87. The molecule has 180 valence electrons. The van der Waals surface area contributed by atoms with Crippen LogP contribution in [-0.2, 0) is 16.6 Å². The van der Waals surface area contributed by atoms with Crippen LogP contribution >= 0.6 is 0 Å². The fraction of sp³-hybridized carbons (Fsp3) is 0.696. The summed E-state index contributed by atoms with van der Waals surface area (Å²) in [5, 5.41) is 8.37. The highest BCUT2D eigenvalue weighted by Crippen LogP contribution is 2.23.